The van der Waals surface area contributed by atoms with E-state index < -0.39 is 0 Å². The zero-order valence-corrected chi connectivity index (χ0v) is 10.4. The maximum atomic E-state index is 11.8. The third-order valence-electron chi connectivity index (χ3n) is 3.10. The van der Waals surface area contributed by atoms with Crippen LogP contribution in [0.1, 0.15) is 17.5 Å². The summed E-state index contributed by atoms with van der Waals surface area (Å²) in [5.41, 5.74) is 2.20. The molecule has 0 amide bonds. The van der Waals surface area contributed by atoms with Crippen LogP contribution in [0.2, 0.25) is 0 Å². The maximum Gasteiger partial charge on any atom is 0.175 e. The third kappa shape index (κ3) is 3.07. The fraction of sp³-hybridized carbons (Fsp3) is 0.500. The average Bonchev–Trinajstić information content (AvgIpc) is 2.83. The summed E-state index contributed by atoms with van der Waals surface area (Å²) in [6.45, 7) is 5.39. The van der Waals surface area contributed by atoms with Crippen LogP contribution in [0, 0.1) is 19.8 Å². The summed E-state index contributed by atoms with van der Waals surface area (Å²) in [6.07, 6.45) is 0.828. The molecule has 1 saturated heterocycles. The second-order valence-electron chi connectivity index (χ2n) is 4.58. The van der Waals surface area contributed by atoms with Crippen LogP contribution in [-0.2, 0) is 9.53 Å². The van der Waals surface area contributed by atoms with Crippen molar-refractivity contribution in [3.8, 4) is 5.75 Å². The minimum atomic E-state index is 0.0279. The first-order valence-corrected chi connectivity index (χ1v) is 5.97. The summed E-state index contributed by atoms with van der Waals surface area (Å²) in [5, 5.41) is 0. The van der Waals surface area contributed by atoms with Crippen LogP contribution in [0.4, 0.5) is 0 Å². The molecule has 0 aliphatic carbocycles. The average molecular weight is 234 g/mol. The topological polar surface area (TPSA) is 35.5 Å². The highest BCUT2D eigenvalue weighted by Crippen LogP contribution is 2.20. The number of hydrogen-bond acceptors (Lipinski definition) is 3. The summed E-state index contributed by atoms with van der Waals surface area (Å²) >= 11 is 0. The van der Waals surface area contributed by atoms with Gasteiger partial charge in [0, 0.05) is 12.5 Å². The van der Waals surface area contributed by atoms with Gasteiger partial charge in [-0.25, -0.2) is 0 Å². The van der Waals surface area contributed by atoms with Gasteiger partial charge in [-0.3, -0.25) is 4.79 Å². The lowest BCUT2D eigenvalue weighted by atomic mass is 10.0. The van der Waals surface area contributed by atoms with E-state index in [0.29, 0.717) is 13.2 Å². The molecule has 2 rings (SSSR count). The summed E-state index contributed by atoms with van der Waals surface area (Å²) in [5.74, 6) is 0.973. The van der Waals surface area contributed by atoms with Gasteiger partial charge in [0.15, 0.2) is 5.78 Å². The van der Waals surface area contributed by atoms with Gasteiger partial charge >= 0.3 is 0 Å². The highest BCUT2D eigenvalue weighted by atomic mass is 16.5. The number of Topliss-reactive ketones (excluding diaryl/α,β-unsaturated/α-hetero) is 1. The number of aryl methyl sites for hydroxylation is 2. The Morgan fingerprint density at radius 2 is 2.29 bits per heavy atom. The molecule has 1 aliphatic rings. The molecule has 0 saturated carbocycles. The fourth-order valence-corrected chi connectivity index (χ4v) is 1.92. The molecule has 0 spiro atoms. The molecule has 3 heteroatoms. The van der Waals surface area contributed by atoms with Crippen LogP contribution in [0.15, 0.2) is 18.2 Å². The smallest absolute Gasteiger partial charge is 0.175 e. The van der Waals surface area contributed by atoms with Crippen molar-refractivity contribution in [2.45, 2.75) is 20.3 Å². The van der Waals surface area contributed by atoms with Gasteiger partial charge in [-0.05, 0) is 37.5 Å². The quantitative estimate of drug-likeness (QED) is 0.801. The van der Waals surface area contributed by atoms with Crippen molar-refractivity contribution >= 4 is 5.78 Å². The van der Waals surface area contributed by atoms with E-state index in [1.807, 2.05) is 32.0 Å². The van der Waals surface area contributed by atoms with Crippen LogP contribution < -0.4 is 4.74 Å². The van der Waals surface area contributed by atoms with E-state index in [2.05, 4.69) is 0 Å². The van der Waals surface area contributed by atoms with E-state index in [1.165, 1.54) is 0 Å². The Balaban J connectivity index is 1.92. The van der Waals surface area contributed by atoms with E-state index in [9.17, 15) is 4.79 Å². The van der Waals surface area contributed by atoms with E-state index in [1.54, 1.807) is 0 Å². The molecule has 1 aromatic rings. The largest absolute Gasteiger partial charge is 0.486 e. The monoisotopic (exact) mass is 234 g/mol. The lowest BCUT2D eigenvalue weighted by molar-refractivity contribution is -0.124. The second kappa shape index (κ2) is 5.32. The van der Waals surface area contributed by atoms with Crippen LogP contribution in [0.25, 0.3) is 0 Å². The van der Waals surface area contributed by atoms with Crippen LogP contribution in [0.3, 0.4) is 0 Å². The van der Waals surface area contributed by atoms with E-state index >= 15 is 0 Å². The summed E-state index contributed by atoms with van der Waals surface area (Å²) < 4.78 is 10.8. The Bertz CT molecular complexity index is 406. The number of hydrogen-bond donors (Lipinski definition) is 0. The molecule has 3 nitrogen and oxygen atoms in total. The molecule has 0 radical (unpaired) electrons. The minimum Gasteiger partial charge on any atom is -0.486 e. The molecule has 0 aromatic heterocycles. The predicted molar refractivity (Wildman–Crippen MR) is 65.3 cm³/mol. The number of rotatable bonds is 4. The third-order valence-corrected chi connectivity index (χ3v) is 3.10. The summed E-state index contributed by atoms with van der Waals surface area (Å²) in [6, 6.07) is 6.01. The maximum absolute atomic E-state index is 11.8. The zero-order valence-electron chi connectivity index (χ0n) is 10.4. The number of ether oxygens (including phenoxy) is 2. The molecule has 92 valence electrons. The fourth-order valence-electron chi connectivity index (χ4n) is 1.92. The van der Waals surface area contributed by atoms with Gasteiger partial charge in [-0.2, -0.15) is 0 Å². The van der Waals surface area contributed by atoms with Crippen molar-refractivity contribution in [2.24, 2.45) is 5.92 Å². The molecule has 0 N–H and O–H groups in total. The number of carbonyl (C=O) groups is 1. The Morgan fingerprint density at radius 3 is 3.00 bits per heavy atom. The number of carbonyl (C=O) groups excluding carboxylic acids is 1. The van der Waals surface area contributed by atoms with Crippen molar-refractivity contribution in [3.05, 3.63) is 29.3 Å². The van der Waals surface area contributed by atoms with Crippen molar-refractivity contribution < 1.29 is 14.3 Å². The van der Waals surface area contributed by atoms with Gasteiger partial charge < -0.3 is 9.47 Å². The molecule has 17 heavy (non-hydrogen) atoms. The lowest BCUT2D eigenvalue weighted by Crippen LogP contribution is -2.21. The first kappa shape index (κ1) is 12.1. The van der Waals surface area contributed by atoms with E-state index in [-0.39, 0.29) is 18.3 Å². The molecule has 1 aliphatic heterocycles. The lowest BCUT2D eigenvalue weighted by Gasteiger charge is -2.11. The summed E-state index contributed by atoms with van der Waals surface area (Å²) in [7, 11) is 0. The van der Waals surface area contributed by atoms with Crippen molar-refractivity contribution in [1.29, 1.82) is 0 Å². The predicted octanol–water partition coefficient (Wildman–Crippen LogP) is 2.29. The normalized spacial score (nSPS) is 19.3. The first-order chi connectivity index (χ1) is 8.16. The van der Waals surface area contributed by atoms with Crippen LogP contribution in [-0.4, -0.2) is 25.6 Å². The van der Waals surface area contributed by atoms with Crippen molar-refractivity contribution in [2.75, 3.05) is 19.8 Å². The highest BCUT2D eigenvalue weighted by Gasteiger charge is 2.23. The Hall–Kier alpha value is -1.35. The SMILES string of the molecule is Cc1ccc(C)c(OCC(=O)C2CCOC2)c1. The van der Waals surface area contributed by atoms with Gasteiger partial charge in [-0.15, -0.1) is 0 Å². The van der Waals surface area contributed by atoms with Gasteiger partial charge in [0.25, 0.3) is 0 Å². The molecular formula is C14H18O3. The van der Waals surface area contributed by atoms with E-state index in [4.69, 9.17) is 9.47 Å². The zero-order chi connectivity index (χ0) is 12.3. The Morgan fingerprint density at radius 1 is 1.47 bits per heavy atom. The molecular weight excluding hydrogens is 216 g/mol. The molecule has 1 fully saturated rings. The van der Waals surface area contributed by atoms with E-state index in [0.717, 1.165) is 23.3 Å². The first-order valence-electron chi connectivity index (χ1n) is 5.97. The standard InChI is InChI=1S/C14H18O3/c1-10-3-4-11(2)14(7-10)17-9-13(15)12-5-6-16-8-12/h3-4,7,12H,5-6,8-9H2,1-2H3. The number of ketones is 1. The van der Waals surface area contributed by atoms with Gasteiger partial charge in [0.2, 0.25) is 0 Å². The minimum absolute atomic E-state index is 0.0279. The van der Waals surface area contributed by atoms with Gasteiger partial charge in [0.1, 0.15) is 12.4 Å². The highest BCUT2D eigenvalue weighted by molar-refractivity contribution is 5.82. The van der Waals surface area contributed by atoms with Crippen LogP contribution in [0.5, 0.6) is 5.75 Å². The molecule has 1 unspecified atom stereocenters. The Labute approximate surface area is 102 Å². The van der Waals surface area contributed by atoms with Gasteiger partial charge in [0.05, 0.1) is 6.61 Å². The second-order valence-corrected chi connectivity index (χ2v) is 4.58. The molecule has 0 bridgehead atoms. The Kier molecular flexibility index (Phi) is 3.79. The molecule has 1 heterocycles. The molecule has 1 atom stereocenters. The van der Waals surface area contributed by atoms with Gasteiger partial charge in [-0.1, -0.05) is 12.1 Å². The summed E-state index contributed by atoms with van der Waals surface area (Å²) in [4.78, 5) is 11.8. The van der Waals surface area contributed by atoms with Crippen molar-refractivity contribution in [1.82, 2.24) is 0 Å². The van der Waals surface area contributed by atoms with Crippen molar-refractivity contribution in [3.63, 3.8) is 0 Å². The molecule has 1 aromatic carbocycles. The number of benzene rings is 1. The van der Waals surface area contributed by atoms with Crippen LogP contribution >= 0.6 is 0 Å².